The molecule has 1 atom stereocenters. The zero-order chi connectivity index (χ0) is 13.4. The van der Waals surface area contributed by atoms with E-state index in [1.165, 1.54) is 5.56 Å². The summed E-state index contributed by atoms with van der Waals surface area (Å²) >= 11 is 0. The third-order valence-corrected chi connectivity index (χ3v) is 4.08. The monoisotopic (exact) mass is 243 g/mol. The minimum atomic E-state index is -0.648. The summed E-state index contributed by atoms with van der Waals surface area (Å²) in [5.41, 5.74) is 1.69. The third kappa shape index (κ3) is 2.15. The van der Waals surface area contributed by atoms with E-state index in [1.807, 2.05) is 12.1 Å². The SMILES string of the molecule is CC(C)(C)c1ccc(C(O)C2(C#N)CCC2)cc1. The summed E-state index contributed by atoms with van der Waals surface area (Å²) in [4.78, 5) is 0. The van der Waals surface area contributed by atoms with Crippen molar-refractivity contribution in [2.24, 2.45) is 5.41 Å². The Hall–Kier alpha value is -1.33. The fraction of sp³-hybridized carbons (Fsp3) is 0.562. The fourth-order valence-corrected chi connectivity index (χ4v) is 2.49. The smallest absolute Gasteiger partial charge is 0.0976 e. The van der Waals surface area contributed by atoms with Crippen molar-refractivity contribution in [2.45, 2.75) is 51.6 Å². The highest BCUT2D eigenvalue weighted by atomic mass is 16.3. The van der Waals surface area contributed by atoms with Crippen molar-refractivity contribution in [3.63, 3.8) is 0 Å². The minimum Gasteiger partial charge on any atom is -0.387 e. The van der Waals surface area contributed by atoms with E-state index in [0.29, 0.717) is 0 Å². The molecule has 2 rings (SSSR count). The first-order valence-electron chi connectivity index (χ1n) is 6.59. The summed E-state index contributed by atoms with van der Waals surface area (Å²) in [7, 11) is 0. The van der Waals surface area contributed by atoms with E-state index in [4.69, 9.17) is 0 Å². The van der Waals surface area contributed by atoms with Crippen LogP contribution in [0.2, 0.25) is 0 Å². The van der Waals surface area contributed by atoms with Crippen LogP contribution in [0.4, 0.5) is 0 Å². The topological polar surface area (TPSA) is 44.0 Å². The molecule has 0 heterocycles. The number of nitriles is 1. The first-order valence-corrected chi connectivity index (χ1v) is 6.59. The van der Waals surface area contributed by atoms with E-state index in [9.17, 15) is 10.4 Å². The van der Waals surface area contributed by atoms with Crippen molar-refractivity contribution in [1.82, 2.24) is 0 Å². The summed E-state index contributed by atoms with van der Waals surface area (Å²) in [5, 5.41) is 19.6. The van der Waals surface area contributed by atoms with Crippen molar-refractivity contribution >= 4 is 0 Å². The van der Waals surface area contributed by atoms with Crippen LogP contribution in [-0.4, -0.2) is 5.11 Å². The molecule has 1 aliphatic rings. The lowest BCUT2D eigenvalue weighted by atomic mass is 9.64. The van der Waals surface area contributed by atoms with Crippen LogP contribution in [0.25, 0.3) is 0 Å². The molecule has 1 N–H and O–H groups in total. The molecule has 1 saturated carbocycles. The van der Waals surface area contributed by atoms with Crippen LogP contribution in [-0.2, 0) is 5.41 Å². The Kier molecular flexibility index (Phi) is 3.21. The Morgan fingerprint density at radius 1 is 1.22 bits per heavy atom. The molecule has 1 aromatic rings. The van der Waals surface area contributed by atoms with Crippen LogP contribution >= 0.6 is 0 Å². The van der Waals surface area contributed by atoms with Crippen LogP contribution in [0, 0.1) is 16.7 Å². The molecule has 0 saturated heterocycles. The predicted octanol–water partition coefficient (Wildman–Crippen LogP) is 3.71. The van der Waals surface area contributed by atoms with E-state index < -0.39 is 11.5 Å². The zero-order valence-corrected chi connectivity index (χ0v) is 11.4. The van der Waals surface area contributed by atoms with Crippen LogP contribution in [0.1, 0.15) is 57.3 Å². The van der Waals surface area contributed by atoms with Gasteiger partial charge in [-0.1, -0.05) is 51.5 Å². The van der Waals surface area contributed by atoms with Gasteiger partial charge in [-0.25, -0.2) is 0 Å². The second-order valence-electron chi connectivity index (χ2n) is 6.40. The van der Waals surface area contributed by atoms with E-state index >= 15 is 0 Å². The van der Waals surface area contributed by atoms with Gasteiger partial charge in [0, 0.05) is 0 Å². The number of aliphatic hydroxyl groups is 1. The van der Waals surface area contributed by atoms with E-state index in [-0.39, 0.29) is 5.41 Å². The molecular formula is C16H21NO. The Morgan fingerprint density at radius 2 is 1.78 bits per heavy atom. The Balaban J connectivity index is 2.23. The maximum atomic E-state index is 10.4. The van der Waals surface area contributed by atoms with Gasteiger partial charge in [0.25, 0.3) is 0 Å². The molecule has 96 valence electrons. The second kappa shape index (κ2) is 4.40. The average molecular weight is 243 g/mol. The predicted molar refractivity (Wildman–Crippen MR) is 72.0 cm³/mol. The van der Waals surface area contributed by atoms with Gasteiger partial charge in [-0.05, 0) is 29.4 Å². The van der Waals surface area contributed by atoms with Gasteiger partial charge in [0.05, 0.1) is 17.6 Å². The highest BCUT2D eigenvalue weighted by Gasteiger charge is 2.44. The molecule has 0 radical (unpaired) electrons. The highest BCUT2D eigenvalue weighted by Crippen LogP contribution is 2.49. The zero-order valence-electron chi connectivity index (χ0n) is 11.4. The fourth-order valence-electron chi connectivity index (χ4n) is 2.49. The van der Waals surface area contributed by atoms with Crippen molar-refractivity contribution in [3.05, 3.63) is 35.4 Å². The largest absolute Gasteiger partial charge is 0.387 e. The van der Waals surface area contributed by atoms with Crippen molar-refractivity contribution in [3.8, 4) is 6.07 Å². The molecule has 1 aromatic carbocycles. The molecule has 2 heteroatoms. The molecular weight excluding hydrogens is 222 g/mol. The third-order valence-electron chi connectivity index (χ3n) is 4.08. The molecule has 0 bridgehead atoms. The molecule has 0 amide bonds. The quantitative estimate of drug-likeness (QED) is 0.860. The summed E-state index contributed by atoms with van der Waals surface area (Å²) in [6, 6.07) is 10.3. The summed E-state index contributed by atoms with van der Waals surface area (Å²) in [6.07, 6.45) is 2.02. The van der Waals surface area contributed by atoms with Gasteiger partial charge >= 0.3 is 0 Å². The molecule has 1 unspecified atom stereocenters. The van der Waals surface area contributed by atoms with Gasteiger partial charge in [-0.2, -0.15) is 5.26 Å². The Morgan fingerprint density at radius 3 is 2.11 bits per heavy atom. The van der Waals surface area contributed by atoms with E-state index in [0.717, 1.165) is 24.8 Å². The normalized spacial score (nSPS) is 19.7. The van der Waals surface area contributed by atoms with Crippen LogP contribution in [0.5, 0.6) is 0 Å². The van der Waals surface area contributed by atoms with Gasteiger partial charge in [0.15, 0.2) is 0 Å². The standard InChI is InChI=1S/C16H21NO/c1-15(2,3)13-7-5-12(6-8-13)14(18)16(11-17)9-4-10-16/h5-8,14,18H,4,9-10H2,1-3H3. The van der Waals surface area contributed by atoms with E-state index in [1.54, 1.807) is 0 Å². The molecule has 0 aromatic heterocycles. The van der Waals surface area contributed by atoms with Gasteiger partial charge < -0.3 is 5.11 Å². The van der Waals surface area contributed by atoms with Crippen LogP contribution in [0.15, 0.2) is 24.3 Å². The average Bonchev–Trinajstić information content (AvgIpc) is 2.27. The van der Waals surface area contributed by atoms with Crippen molar-refractivity contribution in [1.29, 1.82) is 5.26 Å². The van der Waals surface area contributed by atoms with Gasteiger partial charge in [-0.3, -0.25) is 0 Å². The van der Waals surface area contributed by atoms with Crippen LogP contribution < -0.4 is 0 Å². The number of aliphatic hydroxyl groups excluding tert-OH is 1. The van der Waals surface area contributed by atoms with Gasteiger partial charge in [0.2, 0.25) is 0 Å². The minimum absolute atomic E-state index is 0.118. The molecule has 0 spiro atoms. The summed E-state index contributed by atoms with van der Waals surface area (Å²) in [6.45, 7) is 6.50. The Labute approximate surface area is 109 Å². The molecule has 0 aliphatic heterocycles. The number of nitrogens with zero attached hydrogens (tertiary/aromatic N) is 1. The molecule has 1 fully saturated rings. The number of rotatable bonds is 2. The molecule has 1 aliphatic carbocycles. The van der Waals surface area contributed by atoms with Crippen molar-refractivity contribution in [2.75, 3.05) is 0 Å². The van der Waals surface area contributed by atoms with Gasteiger partial charge in [-0.15, -0.1) is 0 Å². The van der Waals surface area contributed by atoms with Crippen LogP contribution in [0.3, 0.4) is 0 Å². The van der Waals surface area contributed by atoms with E-state index in [2.05, 4.69) is 39.0 Å². The summed E-state index contributed by atoms with van der Waals surface area (Å²) < 4.78 is 0. The number of hydrogen-bond acceptors (Lipinski definition) is 2. The first kappa shape index (κ1) is 13.1. The molecule has 2 nitrogen and oxygen atoms in total. The first-order chi connectivity index (χ1) is 8.39. The Bertz CT molecular complexity index is 457. The van der Waals surface area contributed by atoms with Crippen molar-refractivity contribution < 1.29 is 5.11 Å². The highest BCUT2D eigenvalue weighted by molar-refractivity contribution is 5.31. The van der Waals surface area contributed by atoms with Gasteiger partial charge in [0.1, 0.15) is 0 Å². The molecule has 18 heavy (non-hydrogen) atoms. The maximum Gasteiger partial charge on any atom is 0.0976 e. The lowest BCUT2D eigenvalue weighted by molar-refractivity contribution is 0.00793. The maximum absolute atomic E-state index is 10.4. The number of benzene rings is 1. The second-order valence-corrected chi connectivity index (χ2v) is 6.40. The summed E-state index contributed by atoms with van der Waals surface area (Å²) in [5.74, 6) is 0. The lowest BCUT2D eigenvalue weighted by Gasteiger charge is -2.39. The lowest BCUT2D eigenvalue weighted by Crippen LogP contribution is -2.34. The number of hydrogen-bond donors (Lipinski definition) is 1.